The van der Waals surface area contributed by atoms with Gasteiger partial charge in [-0.2, -0.15) is 0 Å². The molecular weight excluding hydrogens is 258 g/mol. The summed E-state index contributed by atoms with van der Waals surface area (Å²) in [5.74, 6) is 1.53. The molecule has 0 saturated carbocycles. The van der Waals surface area contributed by atoms with Crippen LogP contribution >= 0.6 is 0 Å². The summed E-state index contributed by atoms with van der Waals surface area (Å²) in [5, 5.41) is 3.54. The molecule has 2 atom stereocenters. The van der Waals surface area contributed by atoms with Gasteiger partial charge in [0, 0.05) is 13.7 Å². The molecule has 0 spiro atoms. The number of hydrogen-bond acceptors (Lipinski definition) is 2. The molecule has 0 aliphatic heterocycles. The van der Waals surface area contributed by atoms with E-state index in [4.69, 9.17) is 4.74 Å². The summed E-state index contributed by atoms with van der Waals surface area (Å²) in [6, 6.07) is 9.00. The molecule has 21 heavy (non-hydrogen) atoms. The fourth-order valence-corrected chi connectivity index (χ4v) is 2.96. The van der Waals surface area contributed by atoms with E-state index >= 15 is 0 Å². The van der Waals surface area contributed by atoms with Crippen LogP contribution in [0.3, 0.4) is 0 Å². The minimum atomic E-state index is 0.714. The first-order valence-corrected chi connectivity index (χ1v) is 8.40. The Bertz CT molecular complexity index is 360. The first kappa shape index (κ1) is 18.2. The molecule has 0 aliphatic rings. The van der Waals surface area contributed by atoms with Crippen molar-refractivity contribution in [1.29, 1.82) is 0 Å². The van der Waals surface area contributed by atoms with E-state index in [9.17, 15) is 0 Å². The monoisotopic (exact) mass is 291 g/mol. The van der Waals surface area contributed by atoms with Gasteiger partial charge in [0.15, 0.2) is 0 Å². The highest BCUT2D eigenvalue weighted by Gasteiger charge is 2.13. The molecule has 0 fully saturated rings. The third-order valence-electron chi connectivity index (χ3n) is 4.08. The van der Waals surface area contributed by atoms with Crippen molar-refractivity contribution in [3.63, 3.8) is 0 Å². The van der Waals surface area contributed by atoms with Crippen molar-refractivity contribution in [2.24, 2.45) is 11.8 Å². The van der Waals surface area contributed by atoms with Crippen LogP contribution in [0.5, 0.6) is 0 Å². The van der Waals surface area contributed by atoms with Crippen LogP contribution in [-0.2, 0) is 11.2 Å². The second-order valence-electron chi connectivity index (χ2n) is 6.38. The predicted molar refractivity (Wildman–Crippen MR) is 91.8 cm³/mol. The molecule has 1 rings (SSSR count). The van der Waals surface area contributed by atoms with Crippen LogP contribution in [0.25, 0.3) is 0 Å². The lowest BCUT2D eigenvalue weighted by Gasteiger charge is -2.21. The summed E-state index contributed by atoms with van der Waals surface area (Å²) >= 11 is 0. The molecular formula is C19H33NO. The van der Waals surface area contributed by atoms with Crippen molar-refractivity contribution in [1.82, 2.24) is 5.32 Å². The van der Waals surface area contributed by atoms with Crippen molar-refractivity contribution in [3.8, 4) is 0 Å². The van der Waals surface area contributed by atoms with E-state index in [2.05, 4.69) is 50.4 Å². The standard InChI is InChI=1S/C19H33NO/c1-5-6-17(3)13-19(15-20-11-12-21-4)14-18-9-7-16(2)8-10-18/h7-10,17,19-20H,5-6,11-15H2,1-4H3. The number of benzene rings is 1. The van der Waals surface area contributed by atoms with Crippen LogP contribution in [-0.4, -0.2) is 26.8 Å². The zero-order valence-electron chi connectivity index (χ0n) is 14.3. The van der Waals surface area contributed by atoms with Crippen molar-refractivity contribution < 1.29 is 4.74 Å². The molecule has 0 amide bonds. The second kappa shape index (κ2) is 10.8. The smallest absolute Gasteiger partial charge is 0.0587 e. The average Bonchev–Trinajstić information content (AvgIpc) is 2.46. The van der Waals surface area contributed by atoms with Crippen molar-refractivity contribution in [2.45, 2.75) is 46.5 Å². The topological polar surface area (TPSA) is 21.3 Å². The van der Waals surface area contributed by atoms with Gasteiger partial charge in [0.05, 0.1) is 6.61 Å². The summed E-state index contributed by atoms with van der Waals surface area (Å²) in [4.78, 5) is 0. The molecule has 0 bridgehead atoms. The SMILES string of the molecule is CCCC(C)CC(CNCCOC)Cc1ccc(C)cc1. The minimum absolute atomic E-state index is 0.714. The molecule has 0 aromatic heterocycles. The van der Waals surface area contributed by atoms with E-state index < -0.39 is 0 Å². The molecule has 0 heterocycles. The summed E-state index contributed by atoms with van der Waals surface area (Å²) in [6.45, 7) is 9.65. The van der Waals surface area contributed by atoms with Gasteiger partial charge in [0.2, 0.25) is 0 Å². The number of hydrogen-bond donors (Lipinski definition) is 1. The van der Waals surface area contributed by atoms with Crippen LogP contribution in [0.4, 0.5) is 0 Å². The van der Waals surface area contributed by atoms with Gasteiger partial charge in [-0.25, -0.2) is 0 Å². The van der Waals surface area contributed by atoms with Gasteiger partial charge in [-0.05, 0) is 43.7 Å². The maximum atomic E-state index is 5.11. The Hall–Kier alpha value is -0.860. The van der Waals surface area contributed by atoms with Gasteiger partial charge in [-0.15, -0.1) is 0 Å². The lowest BCUT2D eigenvalue weighted by Crippen LogP contribution is -2.28. The Morgan fingerprint density at radius 1 is 1.19 bits per heavy atom. The van der Waals surface area contributed by atoms with Crippen LogP contribution < -0.4 is 5.32 Å². The Morgan fingerprint density at radius 2 is 1.90 bits per heavy atom. The number of rotatable bonds is 11. The number of methoxy groups -OCH3 is 1. The van der Waals surface area contributed by atoms with Gasteiger partial charge in [0.25, 0.3) is 0 Å². The zero-order chi connectivity index (χ0) is 15.5. The van der Waals surface area contributed by atoms with Crippen molar-refractivity contribution in [2.75, 3.05) is 26.8 Å². The Morgan fingerprint density at radius 3 is 2.52 bits per heavy atom. The lowest BCUT2D eigenvalue weighted by atomic mass is 9.88. The largest absolute Gasteiger partial charge is 0.383 e. The number of aryl methyl sites for hydroxylation is 1. The van der Waals surface area contributed by atoms with Gasteiger partial charge in [-0.1, -0.05) is 56.5 Å². The van der Waals surface area contributed by atoms with E-state index in [1.54, 1.807) is 7.11 Å². The van der Waals surface area contributed by atoms with Crippen molar-refractivity contribution in [3.05, 3.63) is 35.4 Å². The summed E-state index contributed by atoms with van der Waals surface area (Å²) in [6.07, 6.45) is 5.11. The van der Waals surface area contributed by atoms with Crippen LogP contribution in [0.2, 0.25) is 0 Å². The maximum Gasteiger partial charge on any atom is 0.0587 e. The highest BCUT2D eigenvalue weighted by molar-refractivity contribution is 5.21. The summed E-state index contributed by atoms with van der Waals surface area (Å²) in [7, 11) is 1.76. The van der Waals surface area contributed by atoms with E-state index in [1.807, 2.05) is 0 Å². The van der Waals surface area contributed by atoms with Crippen LogP contribution in [0.1, 0.15) is 44.2 Å². The van der Waals surface area contributed by atoms with E-state index in [0.717, 1.165) is 25.6 Å². The molecule has 1 aromatic carbocycles. The molecule has 2 nitrogen and oxygen atoms in total. The molecule has 0 saturated heterocycles. The van der Waals surface area contributed by atoms with E-state index in [-0.39, 0.29) is 0 Å². The molecule has 0 aliphatic carbocycles. The zero-order valence-corrected chi connectivity index (χ0v) is 14.3. The van der Waals surface area contributed by atoms with E-state index in [1.165, 1.54) is 36.8 Å². The Balaban J connectivity index is 2.51. The quantitative estimate of drug-likeness (QED) is 0.616. The molecule has 1 aromatic rings. The first-order chi connectivity index (χ1) is 10.2. The lowest BCUT2D eigenvalue weighted by molar-refractivity contribution is 0.196. The number of nitrogens with one attached hydrogen (secondary N) is 1. The number of ether oxygens (including phenoxy) is 1. The van der Waals surface area contributed by atoms with Crippen molar-refractivity contribution >= 4 is 0 Å². The van der Waals surface area contributed by atoms with Gasteiger partial charge in [0.1, 0.15) is 0 Å². The van der Waals surface area contributed by atoms with Crippen LogP contribution in [0, 0.1) is 18.8 Å². The normalized spacial score (nSPS) is 14.1. The highest BCUT2D eigenvalue weighted by Crippen LogP contribution is 2.20. The first-order valence-electron chi connectivity index (χ1n) is 8.40. The molecule has 1 N–H and O–H groups in total. The summed E-state index contributed by atoms with van der Waals surface area (Å²) < 4.78 is 5.11. The van der Waals surface area contributed by atoms with Gasteiger partial charge >= 0.3 is 0 Å². The molecule has 2 heteroatoms. The van der Waals surface area contributed by atoms with E-state index in [0.29, 0.717) is 5.92 Å². The minimum Gasteiger partial charge on any atom is -0.383 e. The maximum absolute atomic E-state index is 5.11. The van der Waals surface area contributed by atoms with Gasteiger partial charge < -0.3 is 10.1 Å². The molecule has 2 unspecified atom stereocenters. The molecule has 0 radical (unpaired) electrons. The fraction of sp³-hybridized carbons (Fsp3) is 0.684. The average molecular weight is 291 g/mol. The fourth-order valence-electron chi connectivity index (χ4n) is 2.96. The third kappa shape index (κ3) is 8.23. The third-order valence-corrected chi connectivity index (χ3v) is 4.08. The Kier molecular flexibility index (Phi) is 9.36. The second-order valence-corrected chi connectivity index (χ2v) is 6.38. The van der Waals surface area contributed by atoms with Crippen LogP contribution in [0.15, 0.2) is 24.3 Å². The van der Waals surface area contributed by atoms with Gasteiger partial charge in [-0.3, -0.25) is 0 Å². The molecule has 120 valence electrons. The highest BCUT2D eigenvalue weighted by atomic mass is 16.5. The predicted octanol–water partition coefficient (Wildman–Crippen LogP) is 4.22. The summed E-state index contributed by atoms with van der Waals surface area (Å²) in [5.41, 5.74) is 2.80. The Labute approximate surface area is 131 Å².